The van der Waals surface area contributed by atoms with E-state index in [1.807, 2.05) is 11.5 Å². The zero-order valence-electron chi connectivity index (χ0n) is 8.85. The van der Waals surface area contributed by atoms with Gasteiger partial charge in [0.1, 0.15) is 11.8 Å². The Morgan fingerprint density at radius 1 is 1.29 bits per heavy atom. The molecule has 17 heavy (non-hydrogen) atoms. The lowest BCUT2D eigenvalue weighted by Crippen LogP contribution is -1.96. The minimum Gasteiger partial charge on any atom is -0.382 e. The summed E-state index contributed by atoms with van der Waals surface area (Å²) >= 11 is 0. The summed E-state index contributed by atoms with van der Waals surface area (Å²) < 4.78 is 30.9. The van der Waals surface area contributed by atoms with Crippen LogP contribution < -0.4 is 5.73 Å². The van der Waals surface area contributed by atoms with Gasteiger partial charge in [-0.25, -0.2) is 15.0 Å². The van der Waals surface area contributed by atoms with Gasteiger partial charge in [0, 0.05) is 6.54 Å². The van der Waals surface area contributed by atoms with Gasteiger partial charge in [-0.3, -0.25) is 17.7 Å². The molecule has 2 heterocycles. The van der Waals surface area contributed by atoms with Crippen molar-refractivity contribution in [3.8, 4) is 0 Å². The number of hydrogen-bond acceptors (Lipinski definition) is 4. The van der Waals surface area contributed by atoms with Gasteiger partial charge in [0.2, 0.25) is 0 Å². The fourth-order valence-electron chi connectivity index (χ4n) is 1.13. The molecule has 94 valence electrons. The predicted molar refractivity (Wildman–Crippen MR) is 57.0 cm³/mol. The smallest absolute Gasteiger partial charge is 0.382 e. The predicted octanol–water partition coefficient (Wildman–Crippen LogP) is 1.46. The summed E-state index contributed by atoms with van der Waals surface area (Å²) in [6, 6.07) is 0. The fraction of sp³-hybridized carbons (Fsp3) is 0.286. The van der Waals surface area contributed by atoms with Crippen molar-refractivity contribution in [1.82, 2.24) is 19.5 Å². The van der Waals surface area contributed by atoms with E-state index in [0.29, 0.717) is 11.3 Å². The van der Waals surface area contributed by atoms with Crippen LogP contribution in [0.1, 0.15) is 6.92 Å². The van der Waals surface area contributed by atoms with E-state index in [1.165, 1.54) is 6.33 Å². The molecule has 10 heteroatoms. The monoisotopic (exact) mass is 251 g/mol. The van der Waals surface area contributed by atoms with Crippen molar-refractivity contribution < 1.29 is 17.7 Å². The summed E-state index contributed by atoms with van der Waals surface area (Å²) in [5, 5.41) is 0. The molecule has 0 aromatic carbocycles. The van der Waals surface area contributed by atoms with Crippen molar-refractivity contribution in [2.45, 2.75) is 13.5 Å². The summed E-state index contributed by atoms with van der Waals surface area (Å²) in [6.45, 7) is 2.87. The Morgan fingerprint density at radius 2 is 1.88 bits per heavy atom. The lowest BCUT2D eigenvalue weighted by molar-refractivity contribution is 0.535. The average molecular weight is 251 g/mol. The third-order valence-corrected chi connectivity index (χ3v) is 1.77. The van der Waals surface area contributed by atoms with Crippen LogP contribution in [-0.4, -0.2) is 27.1 Å². The summed E-state index contributed by atoms with van der Waals surface area (Å²) in [5.41, 5.74) is 7.07. The first-order valence-corrected chi connectivity index (χ1v) is 4.39. The molecule has 0 aliphatic rings. The van der Waals surface area contributed by atoms with E-state index in [1.54, 1.807) is 6.33 Å². The van der Waals surface area contributed by atoms with Gasteiger partial charge in [0.15, 0.2) is 11.5 Å². The molecule has 2 aromatic rings. The second kappa shape index (κ2) is 6.66. The quantitative estimate of drug-likeness (QED) is 0.615. The van der Waals surface area contributed by atoms with E-state index in [-0.39, 0.29) is 4.70 Å². The molecular formula is C7H10BF4N5. The van der Waals surface area contributed by atoms with Gasteiger partial charge in [-0.2, -0.15) is 0 Å². The van der Waals surface area contributed by atoms with E-state index in [2.05, 4.69) is 15.0 Å². The van der Waals surface area contributed by atoms with E-state index in [4.69, 9.17) is 5.73 Å². The molecule has 0 aliphatic heterocycles. The molecule has 0 radical (unpaired) electrons. The van der Waals surface area contributed by atoms with Crippen molar-refractivity contribution in [3.05, 3.63) is 12.7 Å². The Hall–Kier alpha value is -1.87. The molecule has 0 amide bonds. The van der Waals surface area contributed by atoms with Crippen LogP contribution in [0.3, 0.4) is 0 Å². The number of anilines is 1. The zero-order chi connectivity index (χ0) is 12.1. The van der Waals surface area contributed by atoms with E-state index >= 15 is 0 Å². The number of fused-ring (bicyclic) bond motifs is 1. The summed E-state index contributed by atoms with van der Waals surface area (Å²) in [7, 11) is -3.67. The van der Waals surface area contributed by atoms with Crippen molar-refractivity contribution in [1.29, 1.82) is 0 Å². The molecule has 0 saturated carbocycles. The van der Waals surface area contributed by atoms with Crippen molar-refractivity contribution >= 4 is 24.5 Å². The van der Waals surface area contributed by atoms with Crippen molar-refractivity contribution in [3.63, 3.8) is 0 Å². The molecule has 5 nitrogen and oxygen atoms in total. The molecule has 0 atom stereocenters. The molecule has 2 N–H and O–H groups in total. The summed E-state index contributed by atoms with van der Waals surface area (Å²) in [6.07, 6.45) is 3.17. The Morgan fingerprint density at radius 3 is 2.41 bits per heavy atom. The lowest BCUT2D eigenvalue weighted by atomic mass is 10.5. The van der Waals surface area contributed by atoms with E-state index < -0.39 is 7.54 Å². The van der Waals surface area contributed by atoms with Gasteiger partial charge in [-0.15, -0.1) is 0 Å². The highest BCUT2D eigenvalue weighted by atomic mass is 19.4. The zero-order valence-corrected chi connectivity index (χ0v) is 8.85. The van der Waals surface area contributed by atoms with Gasteiger partial charge >= 0.3 is 7.54 Å². The highest BCUT2D eigenvalue weighted by Gasteiger charge is 2.06. The summed E-state index contributed by atoms with van der Waals surface area (Å²) in [4.78, 5) is 12.0. The van der Waals surface area contributed by atoms with Crippen LogP contribution in [-0.2, 0) is 6.54 Å². The Kier molecular flexibility index (Phi) is 5.93. The van der Waals surface area contributed by atoms with Gasteiger partial charge in [-0.1, -0.05) is 0 Å². The number of nitrogens with two attached hydrogens (primary N) is 1. The van der Waals surface area contributed by atoms with Gasteiger partial charge in [0.25, 0.3) is 0 Å². The van der Waals surface area contributed by atoms with Gasteiger partial charge in [-0.05, 0) is 6.92 Å². The maximum Gasteiger partial charge on any atom is 0.762 e. The van der Waals surface area contributed by atoms with Crippen LogP contribution in [0.15, 0.2) is 12.7 Å². The number of nitrogen functional groups attached to an aromatic ring is 1. The largest absolute Gasteiger partial charge is 0.762 e. The van der Waals surface area contributed by atoms with Crippen molar-refractivity contribution in [2.24, 2.45) is 0 Å². The first kappa shape index (κ1) is 15.1. The topological polar surface area (TPSA) is 69.6 Å². The molecule has 0 spiro atoms. The van der Waals surface area contributed by atoms with Crippen LogP contribution >= 0.6 is 0 Å². The minimum absolute atomic E-state index is 0. The van der Waals surface area contributed by atoms with E-state index in [0.717, 1.165) is 12.2 Å². The Balaban J connectivity index is 0.000000453. The maximum atomic E-state index is 9.67. The van der Waals surface area contributed by atoms with Crippen LogP contribution in [0.2, 0.25) is 0 Å². The first-order valence-electron chi connectivity index (χ1n) is 4.39. The number of halogens is 4. The molecule has 0 saturated heterocycles. The SMILES string of the molecule is CCn1cnc2c(N)ncnc21.F.FB(F)F. The Labute approximate surface area is 94.5 Å². The normalized spacial score (nSPS) is 9.18. The number of aromatic nitrogens is 4. The van der Waals surface area contributed by atoms with Gasteiger partial charge in [0.05, 0.1) is 6.33 Å². The first-order chi connectivity index (χ1) is 7.56. The number of hydrogen-bond donors (Lipinski definition) is 1. The number of aryl methyl sites for hydroxylation is 1. The van der Waals surface area contributed by atoms with Crippen LogP contribution in [0.5, 0.6) is 0 Å². The number of imidazole rings is 1. The average Bonchev–Trinajstić information content (AvgIpc) is 2.61. The molecule has 0 fully saturated rings. The van der Waals surface area contributed by atoms with Crippen molar-refractivity contribution in [2.75, 3.05) is 5.73 Å². The highest BCUT2D eigenvalue weighted by Crippen LogP contribution is 2.13. The molecule has 0 bridgehead atoms. The summed E-state index contributed by atoms with van der Waals surface area (Å²) in [5.74, 6) is 0.437. The van der Waals surface area contributed by atoms with Gasteiger partial charge < -0.3 is 10.3 Å². The standard InChI is InChI=1S/C7H9N5.BF3.FH/c1-2-12-4-11-5-6(8)9-3-10-7(5)12;2-1(3)4;/h3-4H,2H2,1H3,(H2,8,9,10);;1H. The molecule has 0 unspecified atom stereocenters. The molecule has 2 aromatic heterocycles. The molecular weight excluding hydrogens is 241 g/mol. The second-order valence-electron chi connectivity index (χ2n) is 2.71. The molecule has 2 rings (SSSR count). The lowest BCUT2D eigenvalue weighted by Gasteiger charge is -1.96. The minimum atomic E-state index is -3.67. The molecule has 0 aliphatic carbocycles. The third-order valence-electron chi connectivity index (χ3n) is 1.77. The van der Waals surface area contributed by atoms with Crippen LogP contribution in [0.4, 0.5) is 23.5 Å². The number of nitrogens with zero attached hydrogens (tertiary/aromatic N) is 4. The van der Waals surface area contributed by atoms with Crippen LogP contribution in [0, 0.1) is 0 Å². The fourth-order valence-corrected chi connectivity index (χ4v) is 1.13. The second-order valence-corrected chi connectivity index (χ2v) is 2.71. The van der Waals surface area contributed by atoms with Crippen LogP contribution in [0.25, 0.3) is 11.2 Å². The highest BCUT2D eigenvalue weighted by molar-refractivity contribution is 6.33. The third kappa shape index (κ3) is 3.89. The maximum absolute atomic E-state index is 9.67. The number of rotatable bonds is 1. The Bertz CT molecular complexity index is 460. The van der Waals surface area contributed by atoms with E-state index in [9.17, 15) is 12.9 Å².